The average molecular weight is 641 g/mol. The molecule has 35 heavy (non-hydrogen) atoms. The van der Waals surface area contributed by atoms with Crippen molar-refractivity contribution < 1.29 is 19.0 Å². The fourth-order valence-corrected chi connectivity index (χ4v) is 4.25. The number of rotatable bonds is 8. The number of benzene rings is 3. The molecule has 0 unspecified atom stereocenters. The summed E-state index contributed by atoms with van der Waals surface area (Å²) < 4.78 is 17.8. The number of halogens is 4. The number of nitriles is 1. The van der Waals surface area contributed by atoms with Crippen LogP contribution in [0, 0.1) is 11.3 Å². The highest BCUT2D eigenvalue weighted by Crippen LogP contribution is 2.44. The number of methoxy groups -OCH3 is 2. The molecule has 0 radical (unpaired) electrons. The fraction of sp³-hybridized carbons (Fsp3) is 0.120. The minimum atomic E-state index is -0.567. The average Bonchev–Trinajstić information content (AvgIpc) is 2.86. The lowest BCUT2D eigenvalue weighted by molar-refractivity contribution is -0.112. The molecule has 3 rings (SSSR count). The van der Waals surface area contributed by atoms with Crippen LogP contribution in [-0.4, -0.2) is 20.1 Å². The third kappa shape index (κ3) is 6.71. The van der Waals surface area contributed by atoms with Gasteiger partial charge in [0.15, 0.2) is 11.5 Å². The smallest absolute Gasteiger partial charge is 0.266 e. The maximum atomic E-state index is 12.7. The second-order valence-corrected chi connectivity index (χ2v) is 9.42. The van der Waals surface area contributed by atoms with Gasteiger partial charge in [0.05, 0.1) is 28.7 Å². The van der Waals surface area contributed by atoms with Crippen molar-refractivity contribution in [2.45, 2.75) is 6.61 Å². The highest BCUT2D eigenvalue weighted by molar-refractivity contribution is 9.13. The second-order valence-electron chi connectivity index (χ2n) is 7.02. The highest BCUT2D eigenvalue weighted by Gasteiger charge is 2.19. The quantitative estimate of drug-likeness (QED) is 0.202. The van der Waals surface area contributed by atoms with Gasteiger partial charge in [-0.2, -0.15) is 5.26 Å². The lowest BCUT2D eigenvalue weighted by atomic mass is 10.1. The Labute approximate surface area is 229 Å². The van der Waals surface area contributed by atoms with E-state index in [9.17, 15) is 10.1 Å². The lowest BCUT2D eigenvalue weighted by Gasteiger charge is -2.16. The van der Waals surface area contributed by atoms with Crippen molar-refractivity contribution in [3.8, 4) is 23.3 Å². The molecule has 180 valence electrons. The van der Waals surface area contributed by atoms with Gasteiger partial charge in [-0.3, -0.25) is 4.79 Å². The van der Waals surface area contributed by atoms with E-state index < -0.39 is 5.91 Å². The molecule has 0 aromatic heterocycles. The monoisotopic (exact) mass is 638 g/mol. The Balaban J connectivity index is 1.88. The molecule has 10 heteroatoms. The first-order valence-corrected chi connectivity index (χ1v) is 12.3. The molecule has 0 aliphatic heterocycles. The van der Waals surface area contributed by atoms with Crippen LogP contribution in [0.2, 0.25) is 10.0 Å². The summed E-state index contributed by atoms with van der Waals surface area (Å²) in [7, 11) is 3.03. The van der Waals surface area contributed by atoms with Crippen molar-refractivity contribution in [3.05, 3.63) is 84.2 Å². The zero-order chi connectivity index (χ0) is 25.5. The van der Waals surface area contributed by atoms with Gasteiger partial charge in [-0.05, 0) is 79.4 Å². The van der Waals surface area contributed by atoms with Crippen LogP contribution in [0.1, 0.15) is 11.1 Å². The maximum absolute atomic E-state index is 12.7. The van der Waals surface area contributed by atoms with Gasteiger partial charge in [0.25, 0.3) is 5.91 Å². The molecule has 0 aliphatic rings. The third-order valence-corrected chi connectivity index (χ3v) is 7.62. The van der Waals surface area contributed by atoms with Crippen LogP contribution in [0.15, 0.2) is 63.0 Å². The molecular weight excluding hydrogens is 623 g/mol. The standard InChI is InChI=1S/C25H18Br2Cl2N2O4/c1-33-18-5-3-4-17(11-18)31-25(32)16(12-30)9-15-10-21(34-2)24(23(27)22(15)26)35-13-14-6-7-19(28)20(29)8-14/h3-11H,13H2,1-2H3,(H,31,32)/b16-9-. The zero-order valence-corrected chi connectivity index (χ0v) is 23.2. The molecule has 0 bridgehead atoms. The third-order valence-electron chi connectivity index (χ3n) is 4.74. The number of amides is 1. The van der Waals surface area contributed by atoms with Crippen molar-refractivity contribution in [1.82, 2.24) is 0 Å². The molecule has 0 spiro atoms. The van der Waals surface area contributed by atoms with Crippen molar-refractivity contribution in [2.24, 2.45) is 0 Å². The van der Waals surface area contributed by atoms with Crippen LogP contribution in [0.5, 0.6) is 17.2 Å². The van der Waals surface area contributed by atoms with Crippen molar-refractivity contribution in [3.63, 3.8) is 0 Å². The summed E-state index contributed by atoms with van der Waals surface area (Å²) >= 11 is 19.1. The van der Waals surface area contributed by atoms with Crippen LogP contribution < -0.4 is 19.5 Å². The molecule has 0 aliphatic carbocycles. The Kier molecular flexibility index (Phi) is 9.47. The number of carbonyl (C=O) groups is 1. The van der Waals surface area contributed by atoms with E-state index in [0.717, 1.165) is 5.56 Å². The van der Waals surface area contributed by atoms with Gasteiger partial charge in [-0.1, -0.05) is 35.3 Å². The normalized spacial score (nSPS) is 10.9. The number of carbonyl (C=O) groups excluding carboxylic acids is 1. The minimum absolute atomic E-state index is 0.105. The molecule has 3 aromatic rings. The molecule has 1 N–H and O–H groups in total. The second kappa shape index (κ2) is 12.3. The van der Waals surface area contributed by atoms with Gasteiger partial charge in [0, 0.05) is 16.2 Å². The predicted molar refractivity (Wildman–Crippen MR) is 144 cm³/mol. The largest absolute Gasteiger partial charge is 0.497 e. The predicted octanol–water partition coefficient (Wildman–Crippen LogP) is 7.66. The first kappa shape index (κ1) is 26.9. The van der Waals surface area contributed by atoms with E-state index in [1.807, 2.05) is 6.07 Å². The van der Waals surface area contributed by atoms with E-state index in [1.165, 1.54) is 20.3 Å². The first-order valence-electron chi connectivity index (χ1n) is 9.97. The van der Waals surface area contributed by atoms with E-state index >= 15 is 0 Å². The van der Waals surface area contributed by atoms with E-state index in [1.54, 1.807) is 48.5 Å². The molecule has 0 saturated heterocycles. The zero-order valence-electron chi connectivity index (χ0n) is 18.5. The summed E-state index contributed by atoms with van der Waals surface area (Å²) in [6.45, 7) is 0.208. The Morgan fingerprint density at radius 1 is 1.06 bits per heavy atom. The summed E-state index contributed by atoms with van der Waals surface area (Å²) in [6, 6.07) is 15.7. The molecule has 0 heterocycles. The molecule has 1 amide bonds. The SMILES string of the molecule is COc1cccc(NC(=O)/C(C#N)=C\c2cc(OC)c(OCc3ccc(Cl)c(Cl)c3)c(Br)c2Br)c1. The topological polar surface area (TPSA) is 80.6 Å². The molecule has 0 atom stereocenters. The number of hydrogen-bond acceptors (Lipinski definition) is 5. The minimum Gasteiger partial charge on any atom is -0.497 e. The Morgan fingerprint density at radius 3 is 2.49 bits per heavy atom. The van der Waals surface area contributed by atoms with E-state index in [2.05, 4.69) is 37.2 Å². The lowest BCUT2D eigenvalue weighted by Crippen LogP contribution is -2.13. The van der Waals surface area contributed by atoms with Crippen molar-refractivity contribution in [1.29, 1.82) is 5.26 Å². The summed E-state index contributed by atoms with van der Waals surface area (Å²) in [6.07, 6.45) is 1.45. The van der Waals surface area contributed by atoms with Gasteiger partial charge < -0.3 is 19.5 Å². The number of ether oxygens (including phenoxy) is 3. The molecule has 0 saturated carbocycles. The Morgan fingerprint density at radius 2 is 1.83 bits per heavy atom. The van der Waals surface area contributed by atoms with Crippen LogP contribution in [0.25, 0.3) is 6.08 Å². The van der Waals surface area contributed by atoms with Gasteiger partial charge >= 0.3 is 0 Å². The number of nitrogens with zero attached hydrogens (tertiary/aromatic N) is 1. The van der Waals surface area contributed by atoms with Crippen molar-refractivity contribution in [2.75, 3.05) is 19.5 Å². The molecule has 6 nitrogen and oxygen atoms in total. The Hall–Kier alpha value is -2.70. The van der Waals surface area contributed by atoms with Crippen LogP contribution in [0.4, 0.5) is 5.69 Å². The van der Waals surface area contributed by atoms with Crippen LogP contribution >= 0.6 is 55.1 Å². The molecular formula is C25H18Br2Cl2N2O4. The molecule has 0 fully saturated rings. The molecule has 3 aromatic carbocycles. The van der Waals surface area contributed by atoms with Gasteiger partial charge in [-0.15, -0.1) is 0 Å². The van der Waals surface area contributed by atoms with Crippen molar-refractivity contribution >= 4 is 72.7 Å². The van der Waals surface area contributed by atoms with Gasteiger partial charge in [-0.25, -0.2) is 0 Å². The number of nitrogens with one attached hydrogen (secondary N) is 1. The summed E-state index contributed by atoms with van der Waals surface area (Å²) in [4.78, 5) is 12.7. The highest BCUT2D eigenvalue weighted by atomic mass is 79.9. The Bertz CT molecular complexity index is 1340. The van der Waals surface area contributed by atoms with Crippen LogP contribution in [-0.2, 0) is 11.4 Å². The first-order chi connectivity index (χ1) is 16.8. The van der Waals surface area contributed by atoms with E-state index in [0.29, 0.717) is 47.5 Å². The maximum Gasteiger partial charge on any atom is 0.266 e. The van der Waals surface area contributed by atoms with Gasteiger partial charge in [0.2, 0.25) is 0 Å². The van der Waals surface area contributed by atoms with Crippen LogP contribution in [0.3, 0.4) is 0 Å². The summed E-state index contributed by atoms with van der Waals surface area (Å²) in [5.74, 6) is 0.847. The number of anilines is 1. The van der Waals surface area contributed by atoms with E-state index in [-0.39, 0.29) is 12.2 Å². The summed E-state index contributed by atoms with van der Waals surface area (Å²) in [5, 5.41) is 13.2. The van der Waals surface area contributed by atoms with Gasteiger partial charge in [0.1, 0.15) is 24.0 Å². The fourth-order valence-electron chi connectivity index (χ4n) is 2.98. The number of hydrogen-bond donors (Lipinski definition) is 1. The van der Waals surface area contributed by atoms with E-state index in [4.69, 9.17) is 37.4 Å². The summed E-state index contributed by atoms with van der Waals surface area (Å²) in [5.41, 5.74) is 1.74.